The SMILES string of the molecule is CCC(Oc1ccc([SH]2c3ccccc3-c3ccccc32)cc1)c1ccc(O)cc1. The third kappa shape index (κ3) is 3.35. The van der Waals surface area contributed by atoms with Gasteiger partial charge in [-0.1, -0.05) is 55.5 Å². The largest absolute Gasteiger partial charge is 0.508 e. The number of phenols is 1. The van der Waals surface area contributed by atoms with Gasteiger partial charge in [0.1, 0.15) is 17.6 Å². The van der Waals surface area contributed by atoms with Crippen LogP contribution in [0.25, 0.3) is 11.1 Å². The monoisotopic (exact) mass is 412 g/mol. The van der Waals surface area contributed by atoms with Gasteiger partial charge in [0.15, 0.2) is 0 Å². The molecule has 1 N–H and O–H groups in total. The van der Waals surface area contributed by atoms with Gasteiger partial charge in [-0.3, -0.25) is 0 Å². The predicted octanol–water partition coefficient (Wildman–Crippen LogP) is 7.38. The summed E-state index contributed by atoms with van der Waals surface area (Å²) >= 11 is 0. The molecule has 3 heteroatoms. The van der Waals surface area contributed by atoms with Crippen molar-refractivity contribution in [3.8, 4) is 22.6 Å². The fraction of sp³-hybridized carbons (Fsp3) is 0.111. The fourth-order valence-corrected chi connectivity index (χ4v) is 6.72. The van der Waals surface area contributed by atoms with Crippen LogP contribution in [0.5, 0.6) is 11.5 Å². The second kappa shape index (κ2) is 7.92. The van der Waals surface area contributed by atoms with E-state index < -0.39 is 10.9 Å². The highest BCUT2D eigenvalue weighted by atomic mass is 32.2. The number of hydrogen-bond donors (Lipinski definition) is 2. The van der Waals surface area contributed by atoms with E-state index in [1.165, 1.54) is 25.8 Å². The topological polar surface area (TPSA) is 29.5 Å². The van der Waals surface area contributed by atoms with Crippen molar-refractivity contribution in [3.63, 3.8) is 0 Å². The minimum Gasteiger partial charge on any atom is -0.508 e. The van der Waals surface area contributed by atoms with Gasteiger partial charge in [-0.15, -0.1) is 0 Å². The van der Waals surface area contributed by atoms with Crippen molar-refractivity contribution in [3.05, 3.63) is 103 Å². The maximum atomic E-state index is 9.54. The molecule has 150 valence electrons. The Morgan fingerprint density at radius 1 is 0.733 bits per heavy atom. The van der Waals surface area contributed by atoms with Crippen LogP contribution in [0.2, 0.25) is 0 Å². The highest BCUT2D eigenvalue weighted by Crippen LogP contribution is 2.62. The summed E-state index contributed by atoms with van der Waals surface area (Å²) in [4.78, 5) is 4.20. The van der Waals surface area contributed by atoms with Crippen molar-refractivity contribution in [2.45, 2.75) is 34.1 Å². The van der Waals surface area contributed by atoms with Crippen molar-refractivity contribution in [1.82, 2.24) is 0 Å². The summed E-state index contributed by atoms with van der Waals surface area (Å²) in [6, 6.07) is 33.4. The summed E-state index contributed by atoms with van der Waals surface area (Å²) in [6.07, 6.45) is 0.829. The quantitative estimate of drug-likeness (QED) is 0.295. The number of aromatic hydroxyl groups is 1. The molecule has 2 nitrogen and oxygen atoms in total. The summed E-state index contributed by atoms with van der Waals surface area (Å²) in [5, 5.41) is 9.54. The molecule has 0 aromatic heterocycles. The molecular weight excluding hydrogens is 388 g/mol. The third-order valence-corrected chi connectivity index (χ3v) is 8.15. The van der Waals surface area contributed by atoms with Crippen LogP contribution in [-0.2, 0) is 0 Å². The average Bonchev–Trinajstić information content (AvgIpc) is 3.13. The maximum absolute atomic E-state index is 9.54. The highest BCUT2D eigenvalue weighted by Gasteiger charge is 2.26. The lowest BCUT2D eigenvalue weighted by Gasteiger charge is -2.21. The molecule has 0 spiro atoms. The number of benzene rings is 4. The average molecular weight is 413 g/mol. The van der Waals surface area contributed by atoms with Gasteiger partial charge in [0.2, 0.25) is 0 Å². The molecule has 30 heavy (non-hydrogen) atoms. The Morgan fingerprint density at radius 3 is 1.87 bits per heavy atom. The molecule has 1 aliphatic rings. The molecule has 5 rings (SSSR count). The Kier molecular flexibility index (Phi) is 4.97. The molecule has 0 bridgehead atoms. The number of thiol groups is 1. The second-order valence-corrected chi connectivity index (χ2v) is 9.62. The number of rotatable bonds is 5. The Labute approximate surface area is 180 Å². The molecule has 0 fully saturated rings. The molecule has 1 heterocycles. The van der Waals surface area contributed by atoms with Crippen LogP contribution in [0.15, 0.2) is 112 Å². The first-order valence-corrected chi connectivity index (χ1v) is 11.6. The lowest BCUT2D eigenvalue weighted by atomic mass is 10.1. The van der Waals surface area contributed by atoms with E-state index in [-0.39, 0.29) is 11.9 Å². The van der Waals surface area contributed by atoms with Crippen LogP contribution in [0.3, 0.4) is 0 Å². The first-order valence-electron chi connectivity index (χ1n) is 10.3. The van der Waals surface area contributed by atoms with E-state index in [9.17, 15) is 5.11 Å². The molecule has 0 saturated heterocycles. The summed E-state index contributed by atoms with van der Waals surface area (Å²) in [5.41, 5.74) is 3.79. The van der Waals surface area contributed by atoms with E-state index in [1.807, 2.05) is 12.1 Å². The predicted molar refractivity (Wildman–Crippen MR) is 124 cm³/mol. The number of fused-ring (bicyclic) bond motifs is 3. The summed E-state index contributed by atoms with van der Waals surface area (Å²) in [5.74, 6) is 1.15. The first kappa shape index (κ1) is 18.8. The van der Waals surface area contributed by atoms with E-state index in [0.717, 1.165) is 17.7 Å². The molecule has 0 radical (unpaired) electrons. The van der Waals surface area contributed by atoms with Gasteiger partial charge in [-0.2, -0.15) is 10.9 Å². The van der Waals surface area contributed by atoms with Gasteiger partial charge in [0.05, 0.1) is 0 Å². The Balaban J connectivity index is 1.43. The summed E-state index contributed by atoms with van der Waals surface area (Å²) in [7, 11) is -0.539. The van der Waals surface area contributed by atoms with Crippen molar-refractivity contribution in [2.24, 2.45) is 0 Å². The molecule has 4 aromatic rings. The van der Waals surface area contributed by atoms with Crippen molar-refractivity contribution in [1.29, 1.82) is 0 Å². The van der Waals surface area contributed by atoms with Crippen LogP contribution >= 0.6 is 10.9 Å². The van der Waals surface area contributed by atoms with Crippen molar-refractivity contribution in [2.75, 3.05) is 0 Å². The van der Waals surface area contributed by atoms with Crippen LogP contribution in [0.1, 0.15) is 25.0 Å². The summed E-state index contributed by atoms with van der Waals surface area (Å²) < 4.78 is 6.27. The van der Waals surface area contributed by atoms with Crippen LogP contribution < -0.4 is 4.74 Å². The van der Waals surface area contributed by atoms with E-state index in [1.54, 1.807) is 12.1 Å². The Bertz CT molecular complexity index is 1120. The van der Waals surface area contributed by atoms with Gasteiger partial charge in [-0.05, 0) is 76.5 Å². The third-order valence-electron chi connectivity index (χ3n) is 5.59. The van der Waals surface area contributed by atoms with Crippen LogP contribution in [0, 0.1) is 0 Å². The molecular formula is C27H24O2S. The Hall–Kier alpha value is -3.17. The van der Waals surface area contributed by atoms with Crippen LogP contribution in [0.4, 0.5) is 0 Å². The maximum Gasteiger partial charge on any atom is 0.123 e. The van der Waals surface area contributed by atoms with E-state index in [0.29, 0.717) is 0 Å². The number of ether oxygens (including phenoxy) is 1. The zero-order valence-corrected chi connectivity index (χ0v) is 17.7. The molecule has 0 saturated carbocycles. The van der Waals surface area contributed by atoms with Crippen molar-refractivity contribution >= 4 is 10.9 Å². The zero-order valence-electron chi connectivity index (χ0n) is 16.8. The molecule has 1 unspecified atom stereocenters. The zero-order chi connectivity index (χ0) is 20.5. The molecule has 0 amide bonds. The Morgan fingerprint density at radius 2 is 1.30 bits per heavy atom. The smallest absolute Gasteiger partial charge is 0.123 e. The normalized spacial score (nSPS) is 14.1. The van der Waals surface area contributed by atoms with Gasteiger partial charge in [-0.25, -0.2) is 0 Å². The van der Waals surface area contributed by atoms with Gasteiger partial charge in [0, 0.05) is 9.79 Å². The van der Waals surface area contributed by atoms with E-state index in [2.05, 4.69) is 79.7 Å². The number of phenolic OH excluding ortho intramolecular Hbond substituents is 1. The minimum absolute atomic E-state index is 0.0323. The lowest BCUT2D eigenvalue weighted by molar-refractivity contribution is 0.201. The minimum atomic E-state index is -0.539. The highest BCUT2D eigenvalue weighted by molar-refractivity contribution is 8.17. The van der Waals surface area contributed by atoms with Gasteiger partial charge >= 0.3 is 0 Å². The molecule has 4 aromatic carbocycles. The summed E-state index contributed by atoms with van der Waals surface area (Å²) in [6.45, 7) is 2.11. The fourth-order valence-electron chi connectivity index (χ4n) is 4.11. The molecule has 1 atom stereocenters. The van der Waals surface area contributed by atoms with Gasteiger partial charge < -0.3 is 9.84 Å². The standard InChI is InChI=1S/C27H24O2S/c1-2-25(19-11-13-20(28)14-12-19)29-21-15-17-22(18-16-21)30-26-9-5-3-7-23(26)24-8-4-6-10-27(24)30/h3-18,25,28,30H,2H2,1H3. The van der Waals surface area contributed by atoms with Crippen LogP contribution in [-0.4, -0.2) is 5.11 Å². The van der Waals surface area contributed by atoms with Crippen molar-refractivity contribution < 1.29 is 9.84 Å². The number of hydrogen-bond acceptors (Lipinski definition) is 2. The lowest BCUT2D eigenvalue weighted by Crippen LogP contribution is -2.06. The molecule has 1 aliphatic heterocycles. The first-order chi connectivity index (χ1) is 14.7. The second-order valence-electron chi connectivity index (χ2n) is 7.47. The van der Waals surface area contributed by atoms with Gasteiger partial charge in [0.25, 0.3) is 0 Å². The van der Waals surface area contributed by atoms with E-state index in [4.69, 9.17) is 4.74 Å². The van der Waals surface area contributed by atoms with E-state index >= 15 is 0 Å². The molecule has 0 aliphatic carbocycles.